The Kier molecular flexibility index (Phi) is 3.83. The number of rotatable bonds is 3. The van der Waals surface area contributed by atoms with Crippen LogP contribution in [0.5, 0.6) is 5.88 Å². The minimum atomic E-state index is 0.0441. The molecule has 0 unspecified atom stereocenters. The van der Waals surface area contributed by atoms with E-state index in [1.165, 1.54) is 0 Å². The Morgan fingerprint density at radius 1 is 1.41 bits per heavy atom. The van der Waals surface area contributed by atoms with E-state index in [-0.39, 0.29) is 5.91 Å². The van der Waals surface area contributed by atoms with Crippen LogP contribution in [0.25, 0.3) is 0 Å². The molecule has 0 bridgehead atoms. The molecule has 2 aromatic rings. The number of pyridine rings is 1. The van der Waals surface area contributed by atoms with Crippen LogP contribution >= 0.6 is 0 Å². The van der Waals surface area contributed by atoms with Gasteiger partial charge in [0.2, 0.25) is 11.8 Å². The van der Waals surface area contributed by atoms with Crippen molar-refractivity contribution in [2.75, 3.05) is 18.1 Å². The molecule has 0 aromatic carbocycles. The highest BCUT2D eigenvalue weighted by atomic mass is 16.5. The first-order chi connectivity index (χ1) is 10.6. The zero-order valence-electron chi connectivity index (χ0n) is 13.2. The summed E-state index contributed by atoms with van der Waals surface area (Å²) in [5.41, 5.74) is 3.70. The van der Waals surface area contributed by atoms with Gasteiger partial charge in [-0.05, 0) is 31.0 Å². The topological polar surface area (TPSA) is 60.3 Å². The van der Waals surface area contributed by atoms with Gasteiger partial charge in [0.15, 0.2) is 0 Å². The second-order valence-electron chi connectivity index (χ2n) is 5.51. The van der Waals surface area contributed by atoms with Gasteiger partial charge in [-0.25, -0.2) is 4.98 Å². The molecule has 3 rings (SSSR count). The van der Waals surface area contributed by atoms with Crippen molar-refractivity contribution in [1.82, 2.24) is 14.8 Å². The van der Waals surface area contributed by atoms with E-state index in [2.05, 4.69) is 17.0 Å². The van der Waals surface area contributed by atoms with Gasteiger partial charge in [-0.2, -0.15) is 5.10 Å². The lowest BCUT2D eigenvalue weighted by Crippen LogP contribution is -2.39. The lowest BCUT2D eigenvalue weighted by molar-refractivity contribution is -0.118. The largest absolute Gasteiger partial charge is 0.474 e. The molecular weight excluding hydrogens is 280 g/mol. The summed E-state index contributed by atoms with van der Waals surface area (Å²) >= 11 is 0. The molecular formula is C16H20N4O2. The molecule has 0 spiro atoms. The third-order valence-electron chi connectivity index (χ3n) is 3.84. The van der Waals surface area contributed by atoms with Crippen LogP contribution < -0.4 is 9.64 Å². The quantitative estimate of drug-likeness (QED) is 0.865. The third-order valence-corrected chi connectivity index (χ3v) is 3.84. The first-order valence-electron chi connectivity index (χ1n) is 7.50. The summed E-state index contributed by atoms with van der Waals surface area (Å²) in [5.74, 6) is 0.576. The van der Waals surface area contributed by atoms with Crippen molar-refractivity contribution < 1.29 is 9.53 Å². The summed E-state index contributed by atoms with van der Waals surface area (Å²) in [4.78, 5) is 18.7. The zero-order valence-corrected chi connectivity index (χ0v) is 13.2. The van der Waals surface area contributed by atoms with Crippen LogP contribution in [0.3, 0.4) is 0 Å². The number of hydrogen-bond acceptors (Lipinski definition) is 4. The fraction of sp³-hybridized carbons (Fsp3) is 0.438. The van der Waals surface area contributed by atoms with Gasteiger partial charge >= 0.3 is 0 Å². The monoisotopic (exact) mass is 300 g/mol. The molecule has 0 N–H and O–H groups in total. The number of aromatic nitrogens is 3. The highest BCUT2D eigenvalue weighted by Crippen LogP contribution is 2.30. The number of amides is 1. The predicted octanol–water partition coefficient (Wildman–Crippen LogP) is 1.65. The van der Waals surface area contributed by atoms with Gasteiger partial charge in [-0.1, -0.05) is 6.92 Å². The Hall–Kier alpha value is -2.37. The van der Waals surface area contributed by atoms with Crippen molar-refractivity contribution in [2.24, 2.45) is 7.05 Å². The van der Waals surface area contributed by atoms with Gasteiger partial charge < -0.3 is 9.64 Å². The first kappa shape index (κ1) is 14.6. The molecule has 0 saturated heterocycles. The molecule has 6 nitrogen and oxygen atoms in total. The van der Waals surface area contributed by atoms with Crippen LogP contribution in [0.1, 0.15) is 23.9 Å². The summed E-state index contributed by atoms with van der Waals surface area (Å²) in [6.45, 7) is 5.04. The van der Waals surface area contributed by atoms with Gasteiger partial charge in [0, 0.05) is 18.9 Å². The summed E-state index contributed by atoms with van der Waals surface area (Å²) in [7, 11) is 1.88. The van der Waals surface area contributed by atoms with Crippen LogP contribution in [0, 0.1) is 6.92 Å². The molecule has 0 aliphatic carbocycles. The summed E-state index contributed by atoms with van der Waals surface area (Å²) in [6, 6.07) is 3.94. The fourth-order valence-electron chi connectivity index (χ4n) is 2.62. The standard InChI is InChI=1S/C16H20N4O2/c1-4-12-8-13(19(3)18-12)9-15(21)20-5-6-22-16-14(20)7-11(2)10-17-16/h7-8,10H,4-6,9H2,1-3H3. The van der Waals surface area contributed by atoms with Gasteiger partial charge in [0.05, 0.1) is 18.7 Å². The molecule has 3 heterocycles. The molecule has 2 aromatic heterocycles. The Morgan fingerprint density at radius 3 is 2.95 bits per heavy atom. The number of carbonyl (C=O) groups excluding carboxylic acids is 1. The van der Waals surface area contributed by atoms with Gasteiger partial charge in [-0.3, -0.25) is 9.48 Å². The summed E-state index contributed by atoms with van der Waals surface area (Å²) in [5, 5.41) is 4.39. The van der Waals surface area contributed by atoms with E-state index < -0.39 is 0 Å². The minimum absolute atomic E-state index is 0.0441. The Morgan fingerprint density at radius 2 is 2.23 bits per heavy atom. The molecule has 0 atom stereocenters. The van der Waals surface area contributed by atoms with E-state index in [1.54, 1.807) is 15.8 Å². The number of nitrogens with zero attached hydrogens (tertiary/aromatic N) is 4. The first-order valence-corrected chi connectivity index (χ1v) is 7.50. The maximum Gasteiger partial charge on any atom is 0.238 e. The van der Waals surface area contributed by atoms with E-state index in [1.807, 2.05) is 26.1 Å². The number of fused-ring (bicyclic) bond motifs is 1. The normalized spacial score (nSPS) is 13.7. The van der Waals surface area contributed by atoms with Crippen molar-refractivity contribution >= 4 is 11.6 Å². The molecule has 6 heteroatoms. The fourth-order valence-corrected chi connectivity index (χ4v) is 2.62. The zero-order chi connectivity index (χ0) is 15.7. The number of hydrogen-bond donors (Lipinski definition) is 0. The summed E-state index contributed by atoms with van der Waals surface area (Å²) < 4.78 is 7.32. The van der Waals surface area contributed by atoms with E-state index >= 15 is 0 Å². The number of ether oxygens (including phenoxy) is 1. The number of aryl methyl sites for hydroxylation is 3. The average molecular weight is 300 g/mol. The van der Waals surface area contributed by atoms with Crippen molar-refractivity contribution in [2.45, 2.75) is 26.7 Å². The van der Waals surface area contributed by atoms with Crippen LogP contribution in [0.4, 0.5) is 5.69 Å². The van der Waals surface area contributed by atoms with Crippen LogP contribution in [0.2, 0.25) is 0 Å². The summed E-state index contributed by atoms with van der Waals surface area (Å²) in [6.07, 6.45) is 2.95. The highest BCUT2D eigenvalue weighted by molar-refractivity contribution is 5.96. The van der Waals surface area contributed by atoms with Gasteiger partial charge in [0.1, 0.15) is 12.3 Å². The maximum atomic E-state index is 12.7. The van der Waals surface area contributed by atoms with Gasteiger partial charge in [0.25, 0.3) is 0 Å². The van der Waals surface area contributed by atoms with E-state index in [0.717, 1.165) is 29.1 Å². The van der Waals surface area contributed by atoms with Crippen LogP contribution in [-0.4, -0.2) is 33.8 Å². The van der Waals surface area contributed by atoms with E-state index in [9.17, 15) is 4.79 Å². The molecule has 116 valence electrons. The smallest absolute Gasteiger partial charge is 0.238 e. The predicted molar refractivity (Wildman–Crippen MR) is 83.1 cm³/mol. The molecule has 1 amide bonds. The molecule has 1 aliphatic rings. The molecule has 1 aliphatic heterocycles. The van der Waals surface area contributed by atoms with E-state index in [0.29, 0.717) is 25.5 Å². The van der Waals surface area contributed by atoms with Crippen molar-refractivity contribution in [3.8, 4) is 5.88 Å². The Balaban J connectivity index is 1.84. The van der Waals surface area contributed by atoms with Crippen molar-refractivity contribution in [1.29, 1.82) is 0 Å². The van der Waals surface area contributed by atoms with Crippen molar-refractivity contribution in [3.63, 3.8) is 0 Å². The minimum Gasteiger partial charge on any atom is -0.474 e. The SMILES string of the molecule is CCc1cc(CC(=O)N2CCOc3ncc(C)cc32)n(C)n1. The molecule has 0 radical (unpaired) electrons. The second-order valence-corrected chi connectivity index (χ2v) is 5.51. The molecule has 0 saturated carbocycles. The molecule has 22 heavy (non-hydrogen) atoms. The van der Waals surface area contributed by atoms with Crippen LogP contribution in [-0.2, 0) is 24.7 Å². The average Bonchev–Trinajstić information content (AvgIpc) is 2.86. The maximum absolute atomic E-state index is 12.7. The number of carbonyl (C=O) groups is 1. The molecule has 0 fully saturated rings. The van der Waals surface area contributed by atoms with E-state index in [4.69, 9.17) is 4.74 Å². The third kappa shape index (κ3) is 2.68. The Bertz CT molecular complexity index is 708. The van der Waals surface area contributed by atoms with Crippen LogP contribution in [0.15, 0.2) is 18.3 Å². The Labute approximate surface area is 129 Å². The second kappa shape index (κ2) is 5.79. The lowest BCUT2D eigenvalue weighted by atomic mass is 10.2. The lowest BCUT2D eigenvalue weighted by Gasteiger charge is -2.29. The highest BCUT2D eigenvalue weighted by Gasteiger charge is 2.25. The van der Waals surface area contributed by atoms with Gasteiger partial charge in [-0.15, -0.1) is 0 Å². The number of anilines is 1. The van der Waals surface area contributed by atoms with Crippen molar-refractivity contribution in [3.05, 3.63) is 35.3 Å².